The largest absolute Gasteiger partial charge is 0.478 e. The molecule has 2 N–H and O–H groups in total. The first kappa shape index (κ1) is 14.9. The van der Waals surface area contributed by atoms with Crippen LogP contribution in [-0.2, 0) is 0 Å². The van der Waals surface area contributed by atoms with E-state index in [1.807, 2.05) is 31.2 Å². The quantitative estimate of drug-likeness (QED) is 0.814. The van der Waals surface area contributed by atoms with Crippen LogP contribution in [0.1, 0.15) is 28.9 Å². The minimum atomic E-state index is -0.966. The van der Waals surface area contributed by atoms with Gasteiger partial charge < -0.3 is 10.4 Å². The lowest BCUT2D eigenvalue weighted by Crippen LogP contribution is -2.11. The number of carboxylic acids is 1. The summed E-state index contributed by atoms with van der Waals surface area (Å²) in [6.07, 6.45) is 0. The van der Waals surface area contributed by atoms with E-state index in [9.17, 15) is 9.90 Å². The molecule has 0 bridgehead atoms. The molecule has 1 atom stereocenters. The lowest BCUT2D eigenvalue weighted by atomic mass is 10.1. The SMILES string of the molecule is CC(Nc1cc(Br)ccc1C(=O)O)c1ccccc1Cl. The van der Waals surface area contributed by atoms with Crippen molar-refractivity contribution in [3.05, 3.63) is 63.1 Å². The zero-order valence-electron chi connectivity index (χ0n) is 10.7. The van der Waals surface area contributed by atoms with Gasteiger partial charge in [-0.05, 0) is 36.8 Å². The van der Waals surface area contributed by atoms with Gasteiger partial charge in [-0.1, -0.05) is 45.7 Å². The number of rotatable bonds is 4. The van der Waals surface area contributed by atoms with E-state index in [2.05, 4.69) is 21.2 Å². The van der Waals surface area contributed by atoms with Gasteiger partial charge in [-0.25, -0.2) is 4.79 Å². The molecule has 0 aliphatic rings. The van der Waals surface area contributed by atoms with Gasteiger partial charge in [-0.3, -0.25) is 0 Å². The van der Waals surface area contributed by atoms with Crippen LogP contribution in [0.2, 0.25) is 5.02 Å². The Morgan fingerprint density at radius 2 is 2.00 bits per heavy atom. The number of benzene rings is 2. The topological polar surface area (TPSA) is 49.3 Å². The average molecular weight is 355 g/mol. The van der Waals surface area contributed by atoms with E-state index in [4.69, 9.17) is 11.6 Å². The maximum absolute atomic E-state index is 11.2. The molecule has 0 saturated carbocycles. The van der Waals surface area contributed by atoms with E-state index < -0.39 is 5.97 Å². The van der Waals surface area contributed by atoms with Crippen molar-refractivity contribution in [3.63, 3.8) is 0 Å². The third-order valence-electron chi connectivity index (χ3n) is 2.96. The van der Waals surface area contributed by atoms with E-state index in [-0.39, 0.29) is 11.6 Å². The molecule has 1 unspecified atom stereocenters. The Morgan fingerprint density at radius 1 is 1.30 bits per heavy atom. The molecule has 0 radical (unpaired) electrons. The number of hydrogen-bond acceptors (Lipinski definition) is 2. The van der Waals surface area contributed by atoms with Crippen LogP contribution in [0.5, 0.6) is 0 Å². The Morgan fingerprint density at radius 3 is 2.65 bits per heavy atom. The fraction of sp³-hybridized carbons (Fsp3) is 0.133. The predicted molar refractivity (Wildman–Crippen MR) is 84.6 cm³/mol. The van der Waals surface area contributed by atoms with Gasteiger partial charge >= 0.3 is 5.97 Å². The molecule has 0 saturated heterocycles. The number of carboxylic acid groups (broad SMARTS) is 1. The van der Waals surface area contributed by atoms with Crippen LogP contribution in [0.3, 0.4) is 0 Å². The highest BCUT2D eigenvalue weighted by atomic mass is 79.9. The van der Waals surface area contributed by atoms with Crippen molar-refractivity contribution < 1.29 is 9.90 Å². The lowest BCUT2D eigenvalue weighted by molar-refractivity contribution is 0.0698. The minimum Gasteiger partial charge on any atom is -0.478 e. The predicted octanol–water partition coefficient (Wildman–Crippen LogP) is 4.97. The second-order valence-corrected chi connectivity index (χ2v) is 5.71. The third kappa shape index (κ3) is 3.32. The van der Waals surface area contributed by atoms with Gasteiger partial charge in [-0.15, -0.1) is 0 Å². The van der Waals surface area contributed by atoms with Crippen LogP contribution in [0.4, 0.5) is 5.69 Å². The number of anilines is 1. The summed E-state index contributed by atoms with van der Waals surface area (Å²) in [6, 6.07) is 12.4. The van der Waals surface area contributed by atoms with Crippen LogP contribution >= 0.6 is 27.5 Å². The summed E-state index contributed by atoms with van der Waals surface area (Å²) < 4.78 is 0.816. The summed E-state index contributed by atoms with van der Waals surface area (Å²) in [7, 11) is 0. The number of carbonyl (C=O) groups is 1. The molecule has 2 aromatic rings. The maximum atomic E-state index is 11.2. The Hall–Kier alpha value is -1.52. The monoisotopic (exact) mass is 353 g/mol. The maximum Gasteiger partial charge on any atom is 0.337 e. The molecule has 2 aromatic carbocycles. The van der Waals surface area contributed by atoms with Crippen LogP contribution in [0, 0.1) is 0 Å². The van der Waals surface area contributed by atoms with Gasteiger partial charge in [0, 0.05) is 9.50 Å². The summed E-state index contributed by atoms with van der Waals surface area (Å²) in [5, 5.41) is 13.1. The molecule has 3 nitrogen and oxygen atoms in total. The van der Waals surface area contributed by atoms with Gasteiger partial charge in [0.25, 0.3) is 0 Å². The molecule has 0 aliphatic heterocycles. The van der Waals surface area contributed by atoms with Crippen molar-refractivity contribution >= 4 is 39.2 Å². The summed E-state index contributed by atoms with van der Waals surface area (Å²) >= 11 is 9.50. The zero-order valence-corrected chi connectivity index (χ0v) is 13.1. The Bertz CT molecular complexity index is 646. The molecule has 0 aliphatic carbocycles. The first-order chi connectivity index (χ1) is 9.49. The smallest absolute Gasteiger partial charge is 0.337 e. The molecular weight excluding hydrogens is 342 g/mol. The molecular formula is C15H13BrClNO2. The Kier molecular flexibility index (Phi) is 4.68. The van der Waals surface area contributed by atoms with Gasteiger partial charge in [0.2, 0.25) is 0 Å². The summed E-state index contributed by atoms with van der Waals surface area (Å²) in [6.45, 7) is 1.94. The molecule has 5 heteroatoms. The molecule has 0 heterocycles. The van der Waals surface area contributed by atoms with Gasteiger partial charge in [0.05, 0.1) is 17.3 Å². The average Bonchev–Trinajstić information content (AvgIpc) is 2.38. The van der Waals surface area contributed by atoms with E-state index in [1.165, 1.54) is 0 Å². The number of aromatic carboxylic acids is 1. The molecule has 0 spiro atoms. The highest BCUT2D eigenvalue weighted by Gasteiger charge is 2.14. The van der Waals surface area contributed by atoms with Crippen molar-refractivity contribution in [3.8, 4) is 0 Å². The highest BCUT2D eigenvalue weighted by Crippen LogP contribution is 2.29. The molecule has 0 fully saturated rings. The van der Waals surface area contributed by atoms with Crippen molar-refractivity contribution in [2.45, 2.75) is 13.0 Å². The zero-order chi connectivity index (χ0) is 14.7. The number of nitrogens with one attached hydrogen (secondary N) is 1. The molecule has 0 aromatic heterocycles. The van der Waals surface area contributed by atoms with Crippen LogP contribution in [0.25, 0.3) is 0 Å². The first-order valence-corrected chi connectivity index (χ1v) is 7.20. The molecule has 104 valence electrons. The van der Waals surface area contributed by atoms with Crippen LogP contribution in [0.15, 0.2) is 46.9 Å². The molecule has 2 rings (SSSR count). The Balaban J connectivity index is 2.32. The van der Waals surface area contributed by atoms with Crippen molar-refractivity contribution in [2.75, 3.05) is 5.32 Å². The second kappa shape index (κ2) is 6.29. The van der Waals surface area contributed by atoms with E-state index >= 15 is 0 Å². The van der Waals surface area contributed by atoms with Crippen molar-refractivity contribution in [1.29, 1.82) is 0 Å². The van der Waals surface area contributed by atoms with Gasteiger partial charge in [0.1, 0.15) is 0 Å². The summed E-state index contributed by atoms with van der Waals surface area (Å²) in [5.74, 6) is -0.966. The normalized spacial score (nSPS) is 11.9. The summed E-state index contributed by atoms with van der Waals surface area (Å²) in [4.78, 5) is 11.2. The van der Waals surface area contributed by atoms with E-state index in [0.717, 1.165) is 10.0 Å². The highest BCUT2D eigenvalue weighted by molar-refractivity contribution is 9.10. The minimum absolute atomic E-state index is 0.101. The standard InChI is InChI=1S/C15H13BrClNO2/c1-9(11-4-2-3-5-13(11)17)18-14-8-10(16)6-7-12(14)15(19)20/h2-9,18H,1H3,(H,19,20). The Labute approximate surface area is 130 Å². The van der Waals surface area contributed by atoms with Crippen LogP contribution < -0.4 is 5.32 Å². The number of hydrogen-bond donors (Lipinski definition) is 2. The molecule has 20 heavy (non-hydrogen) atoms. The second-order valence-electron chi connectivity index (χ2n) is 4.38. The van der Waals surface area contributed by atoms with E-state index in [0.29, 0.717) is 10.7 Å². The first-order valence-electron chi connectivity index (χ1n) is 6.03. The third-order valence-corrected chi connectivity index (χ3v) is 3.79. The number of halogens is 2. The molecule has 0 amide bonds. The lowest BCUT2D eigenvalue weighted by Gasteiger charge is -2.18. The fourth-order valence-corrected chi connectivity index (χ4v) is 2.62. The van der Waals surface area contributed by atoms with Gasteiger partial charge in [0.15, 0.2) is 0 Å². The van der Waals surface area contributed by atoms with Gasteiger partial charge in [-0.2, -0.15) is 0 Å². The summed E-state index contributed by atoms with van der Waals surface area (Å²) in [5.41, 5.74) is 1.71. The van der Waals surface area contributed by atoms with E-state index in [1.54, 1.807) is 18.2 Å². The fourth-order valence-electron chi connectivity index (χ4n) is 1.96. The van der Waals surface area contributed by atoms with Crippen molar-refractivity contribution in [2.24, 2.45) is 0 Å². The van der Waals surface area contributed by atoms with Crippen molar-refractivity contribution in [1.82, 2.24) is 0 Å². The van der Waals surface area contributed by atoms with Crippen LogP contribution in [-0.4, -0.2) is 11.1 Å².